The zero-order valence-corrected chi connectivity index (χ0v) is 10.3. The maximum Gasteiger partial charge on any atom is 0.0956 e. The van der Waals surface area contributed by atoms with Crippen LogP contribution in [0.3, 0.4) is 0 Å². The smallest absolute Gasteiger partial charge is 0.0956 e. The third kappa shape index (κ3) is 1.72. The van der Waals surface area contributed by atoms with Crippen LogP contribution >= 0.6 is 11.3 Å². The topological polar surface area (TPSA) is 12.9 Å². The molecule has 2 rings (SSSR count). The summed E-state index contributed by atoms with van der Waals surface area (Å²) in [5.41, 5.74) is 1.40. The number of hydrogen-bond donors (Lipinski definition) is 0. The minimum atomic E-state index is 0.600. The van der Waals surface area contributed by atoms with E-state index in [-0.39, 0.29) is 0 Å². The lowest BCUT2D eigenvalue weighted by molar-refractivity contribution is 0.403. The first-order valence-electron chi connectivity index (χ1n) is 5.56. The molecule has 1 atom stereocenters. The Morgan fingerprint density at radius 1 is 1.21 bits per heavy atom. The Bertz CT molecular complexity index is 302. The predicted molar refractivity (Wildman–Crippen MR) is 61.9 cm³/mol. The fraction of sp³-hybridized carbons (Fsp3) is 0.750. The van der Waals surface area contributed by atoms with Gasteiger partial charge in [-0.1, -0.05) is 27.7 Å². The molecule has 1 aliphatic carbocycles. The molecule has 0 radical (unpaired) electrons. The Morgan fingerprint density at radius 3 is 2.43 bits per heavy atom. The second kappa shape index (κ2) is 3.65. The van der Waals surface area contributed by atoms with Crippen LogP contribution in [0.15, 0.2) is 0 Å². The molecule has 0 fully saturated rings. The normalized spacial score (nSPS) is 20.9. The van der Waals surface area contributed by atoms with Crippen LogP contribution in [0, 0.1) is 11.8 Å². The molecule has 14 heavy (non-hydrogen) atoms. The molecule has 0 amide bonds. The van der Waals surface area contributed by atoms with Gasteiger partial charge in [0, 0.05) is 10.8 Å². The van der Waals surface area contributed by atoms with E-state index in [0.29, 0.717) is 5.92 Å². The maximum absolute atomic E-state index is 4.74. The monoisotopic (exact) mass is 209 g/mol. The van der Waals surface area contributed by atoms with Crippen molar-refractivity contribution in [2.24, 2.45) is 11.8 Å². The van der Waals surface area contributed by atoms with Gasteiger partial charge in [-0.25, -0.2) is 4.98 Å². The standard InChI is InChI=1S/C12H19NS/c1-7(2)9-5-10-11(6-9)14-12(13-10)8(3)4/h7-9H,5-6H2,1-4H3. The predicted octanol–water partition coefficient (Wildman–Crippen LogP) is 3.64. The van der Waals surface area contributed by atoms with E-state index in [9.17, 15) is 0 Å². The third-order valence-electron chi connectivity index (χ3n) is 3.13. The summed E-state index contributed by atoms with van der Waals surface area (Å²) in [6, 6.07) is 0. The summed E-state index contributed by atoms with van der Waals surface area (Å²) in [5.74, 6) is 2.26. The quantitative estimate of drug-likeness (QED) is 0.724. The van der Waals surface area contributed by atoms with Gasteiger partial charge in [0.2, 0.25) is 0 Å². The maximum atomic E-state index is 4.74. The summed E-state index contributed by atoms with van der Waals surface area (Å²) >= 11 is 1.94. The second-order valence-corrected chi connectivity index (χ2v) is 6.10. The lowest BCUT2D eigenvalue weighted by Crippen LogP contribution is -2.08. The minimum Gasteiger partial charge on any atom is -0.246 e. The van der Waals surface area contributed by atoms with E-state index < -0.39 is 0 Å². The number of rotatable bonds is 2. The molecule has 0 saturated heterocycles. The van der Waals surface area contributed by atoms with Crippen molar-refractivity contribution in [2.75, 3.05) is 0 Å². The van der Waals surface area contributed by atoms with E-state index in [4.69, 9.17) is 4.98 Å². The van der Waals surface area contributed by atoms with Gasteiger partial charge in [-0.2, -0.15) is 0 Å². The fourth-order valence-corrected chi connectivity index (χ4v) is 3.19. The van der Waals surface area contributed by atoms with Crippen molar-refractivity contribution in [1.82, 2.24) is 4.98 Å². The van der Waals surface area contributed by atoms with Gasteiger partial charge in [0.15, 0.2) is 0 Å². The van der Waals surface area contributed by atoms with Gasteiger partial charge >= 0.3 is 0 Å². The lowest BCUT2D eigenvalue weighted by atomic mass is 9.94. The van der Waals surface area contributed by atoms with Crippen molar-refractivity contribution < 1.29 is 0 Å². The molecule has 1 unspecified atom stereocenters. The van der Waals surface area contributed by atoms with Crippen LogP contribution in [0.2, 0.25) is 0 Å². The SMILES string of the molecule is CC(C)c1nc2c(s1)CC(C(C)C)C2. The number of aromatic nitrogens is 1. The van der Waals surface area contributed by atoms with E-state index in [1.54, 1.807) is 4.88 Å². The Balaban J connectivity index is 2.16. The van der Waals surface area contributed by atoms with Crippen molar-refractivity contribution in [3.05, 3.63) is 15.6 Å². The highest BCUT2D eigenvalue weighted by Gasteiger charge is 2.27. The van der Waals surface area contributed by atoms with Crippen molar-refractivity contribution in [3.8, 4) is 0 Å². The van der Waals surface area contributed by atoms with Gasteiger partial charge in [-0.15, -0.1) is 11.3 Å². The van der Waals surface area contributed by atoms with Gasteiger partial charge < -0.3 is 0 Å². The molecule has 0 N–H and O–H groups in total. The van der Waals surface area contributed by atoms with Crippen LogP contribution in [-0.2, 0) is 12.8 Å². The third-order valence-corrected chi connectivity index (χ3v) is 4.56. The molecule has 0 saturated carbocycles. The number of thiazole rings is 1. The minimum absolute atomic E-state index is 0.600. The van der Waals surface area contributed by atoms with Gasteiger partial charge in [-0.05, 0) is 24.7 Å². The summed E-state index contributed by atoms with van der Waals surface area (Å²) in [6.45, 7) is 9.11. The van der Waals surface area contributed by atoms with Crippen molar-refractivity contribution in [1.29, 1.82) is 0 Å². The van der Waals surface area contributed by atoms with Crippen LogP contribution in [0.5, 0.6) is 0 Å². The molecule has 78 valence electrons. The molecule has 1 heterocycles. The Labute approximate surface area is 90.6 Å². The molecule has 0 aliphatic heterocycles. The highest BCUT2D eigenvalue weighted by Crippen LogP contribution is 2.36. The van der Waals surface area contributed by atoms with Crippen LogP contribution in [0.4, 0.5) is 0 Å². The van der Waals surface area contributed by atoms with Crippen LogP contribution in [-0.4, -0.2) is 4.98 Å². The largest absolute Gasteiger partial charge is 0.246 e. The number of fused-ring (bicyclic) bond motifs is 1. The van der Waals surface area contributed by atoms with Crippen molar-refractivity contribution >= 4 is 11.3 Å². The Hall–Kier alpha value is -0.370. The van der Waals surface area contributed by atoms with Gasteiger partial charge in [0.1, 0.15) is 0 Å². The molecular formula is C12H19NS. The molecule has 1 aromatic heterocycles. The van der Waals surface area contributed by atoms with Crippen LogP contribution < -0.4 is 0 Å². The highest BCUT2D eigenvalue weighted by molar-refractivity contribution is 7.11. The average molecular weight is 209 g/mol. The zero-order valence-electron chi connectivity index (χ0n) is 9.50. The summed E-state index contributed by atoms with van der Waals surface area (Å²) in [4.78, 5) is 6.30. The van der Waals surface area contributed by atoms with Gasteiger partial charge in [-0.3, -0.25) is 0 Å². The Kier molecular flexibility index (Phi) is 2.65. The molecule has 0 bridgehead atoms. The summed E-state index contributed by atoms with van der Waals surface area (Å²) in [7, 11) is 0. The highest BCUT2D eigenvalue weighted by atomic mass is 32.1. The number of nitrogens with zero attached hydrogens (tertiary/aromatic N) is 1. The molecule has 2 heteroatoms. The van der Waals surface area contributed by atoms with E-state index >= 15 is 0 Å². The fourth-order valence-electron chi connectivity index (χ4n) is 2.00. The van der Waals surface area contributed by atoms with Crippen LogP contribution in [0.25, 0.3) is 0 Å². The summed E-state index contributed by atoms with van der Waals surface area (Å²) in [5, 5.41) is 1.33. The molecular weight excluding hydrogens is 190 g/mol. The first kappa shape index (κ1) is 10.2. The molecule has 1 nitrogen and oxygen atoms in total. The second-order valence-electron chi connectivity index (χ2n) is 4.99. The Morgan fingerprint density at radius 2 is 1.93 bits per heavy atom. The lowest BCUT2D eigenvalue weighted by Gasteiger charge is -2.12. The van der Waals surface area contributed by atoms with E-state index in [1.165, 1.54) is 23.5 Å². The van der Waals surface area contributed by atoms with E-state index in [2.05, 4.69) is 27.7 Å². The van der Waals surface area contributed by atoms with Crippen molar-refractivity contribution in [2.45, 2.75) is 46.5 Å². The first-order chi connectivity index (χ1) is 6.58. The van der Waals surface area contributed by atoms with Gasteiger partial charge in [0.05, 0.1) is 10.7 Å². The van der Waals surface area contributed by atoms with Crippen LogP contribution in [0.1, 0.15) is 49.2 Å². The molecule has 0 spiro atoms. The molecule has 1 aromatic rings. The van der Waals surface area contributed by atoms with Crippen molar-refractivity contribution in [3.63, 3.8) is 0 Å². The van der Waals surface area contributed by atoms with E-state index in [1.807, 2.05) is 11.3 Å². The summed E-state index contributed by atoms with van der Waals surface area (Å²) in [6.07, 6.45) is 2.49. The molecule has 1 aliphatic rings. The number of hydrogen-bond acceptors (Lipinski definition) is 2. The first-order valence-corrected chi connectivity index (χ1v) is 6.38. The average Bonchev–Trinajstić information content (AvgIpc) is 2.57. The van der Waals surface area contributed by atoms with E-state index in [0.717, 1.165) is 11.8 Å². The molecule has 0 aromatic carbocycles. The zero-order chi connectivity index (χ0) is 10.3. The summed E-state index contributed by atoms with van der Waals surface area (Å²) < 4.78 is 0. The van der Waals surface area contributed by atoms with Gasteiger partial charge in [0.25, 0.3) is 0 Å².